The fraction of sp³-hybridized carbons (Fsp3) is 0.455. The molecule has 0 fully saturated rings. The lowest BCUT2D eigenvalue weighted by atomic mass is 10.0. The fourth-order valence-electron chi connectivity index (χ4n) is 1.40. The van der Waals surface area contributed by atoms with Crippen molar-refractivity contribution in [1.29, 1.82) is 0 Å². The highest BCUT2D eigenvalue weighted by molar-refractivity contribution is 5.25. The van der Waals surface area contributed by atoms with Crippen molar-refractivity contribution in [2.75, 3.05) is 0 Å². The van der Waals surface area contributed by atoms with Gasteiger partial charge in [0.2, 0.25) is 0 Å². The molecule has 1 nitrogen and oxygen atoms in total. The molecule has 0 saturated heterocycles. The van der Waals surface area contributed by atoms with Crippen molar-refractivity contribution in [3.63, 3.8) is 0 Å². The van der Waals surface area contributed by atoms with Gasteiger partial charge in [0.25, 0.3) is 0 Å². The molecule has 1 aromatic carbocycles. The van der Waals surface area contributed by atoms with E-state index in [2.05, 4.69) is 0 Å². The highest BCUT2D eigenvalue weighted by Gasteiger charge is 2.03. The molecule has 0 spiro atoms. The zero-order valence-corrected chi connectivity index (χ0v) is 8.18. The van der Waals surface area contributed by atoms with Crippen LogP contribution in [0.3, 0.4) is 0 Å². The van der Waals surface area contributed by atoms with E-state index in [4.69, 9.17) is 5.73 Å². The normalized spacial score (nSPS) is 12.9. The molecule has 0 saturated carbocycles. The summed E-state index contributed by atoms with van der Waals surface area (Å²) in [5, 5.41) is 0. The van der Waals surface area contributed by atoms with Gasteiger partial charge in [0.05, 0.1) is 0 Å². The van der Waals surface area contributed by atoms with Crippen LogP contribution < -0.4 is 5.73 Å². The second-order valence-electron chi connectivity index (χ2n) is 3.46. The second kappa shape index (κ2) is 4.38. The summed E-state index contributed by atoms with van der Waals surface area (Å²) in [6.45, 7) is 3.91. The Morgan fingerprint density at radius 1 is 1.46 bits per heavy atom. The van der Waals surface area contributed by atoms with E-state index in [0.29, 0.717) is 0 Å². The van der Waals surface area contributed by atoms with E-state index in [9.17, 15) is 4.39 Å². The van der Waals surface area contributed by atoms with E-state index in [1.807, 2.05) is 19.9 Å². The van der Waals surface area contributed by atoms with Crippen molar-refractivity contribution in [2.45, 2.75) is 32.7 Å². The van der Waals surface area contributed by atoms with Crippen molar-refractivity contribution in [2.24, 2.45) is 5.73 Å². The van der Waals surface area contributed by atoms with Gasteiger partial charge in [0, 0.05) is 6.04 Å². The second-order valence-corrected chi connectivity index (χ2v) is 3.46. The van der Waals surface area contributed by atoms with E-state index in [1.54, 1.807) is 6.07 Å². The molecule has 0 aliphatic heterocycles. The number of aryl methyl sites for hydroxylation is 1. The van der Waals surface area contributed by atoms with Crippen LogP contribution in [-0.4, -0.2) is 6.04 Å². The van der Waals surface area contributed by atoms with E-state index in [0.717, 1.165) is 24.0 Å². The molecule has 2 heteroatoms. The minimum atomic E-state index is -0.115. The van der Waals surface area contributed by atoms with Gasteiger partial charge in [-0.3, -0.25) is 0 Å². The SMILES string of the molecule is CCc1cc(CC(C)N)ccc1F. The Bertz CT molecular complexity index is 281. The average molecular weight is 181 g/mol. The topological polar surface area (TPSA) is 26.0 Å². The van der Waals surface area contributed by atoms with Gasteiger partial charge in [-0.1, -0.05) is 19.1 Å². The Labute approximate surface area is 78.8 Å². The molecule has 1 aromatic rings. The summed E-state index contributed by atoms with van der Waals surface area (Å²) in [5.41, 5.74) is 7.56. The van der Waals surface area contributed by atoms with Crippen LogP contribution in [0.1, 0.15) is 25.0 Å². The van der Waals surface area contributed by atoms with Crippen LogP contribution >= 0.6 is 0 Å². The van der Waals surface area contributed by atoms with E-state index in [1.165, 1.54) is 6.07 Å². The van der Waals surface area contributed by atoms with Gasteiger partial charge in [0.1, 0.15) is 5.82 Å². The maximum Gasteiger partial charge on any atom is 0.126 e. The monoisotopic (exact) mass is 181 g/mol. The number of nitrogens with two attached hydrogens (primary N) is 1. The minimum Gasteiger partial charge on any atom is -0.328 e. The summed E-state index contributed by atoms with van der Waals surface area (Å²) in [5.74, 6) is -0.115. The van der Waals surface area contributed by atoms with Crippen molar-refractivity contribution in [3.05, 3.63) is 35.1 Å². The van der Waals surface area contributed by atoms with Crippen LogP contribution in [0.4, 0.5) is 4.39 Å². The van der Waals surface area contributed by atoms with Gasteiger partial charge in [-0.05, 0) is 37.0 Å². The summed E-state index contributed by atoms with van der Waals surface area (Å²) in [4.78, 5) is 0. The van der Waals surface area contributed by atoms with Crippen molar-refractivity contribution < 1.29 is 4.39 Å². The predicted octanol–water partition coefficient (Wildman–Crippen LogP) is 2.28. The molecular weight excluding hydrogens is 165 g/mol. The molecule has 0 radical (unpaired) electrons. The maximum absolute atomic E-state index is 13.1. The summed E-state index contributed by atoms with van der Waals surface area (Å²) in [6.07, 6.45) is 1.55. The van der Waals surface area contributed by atoms with E-state index in [-0.39, 0.29) is 11.9 Å². The lowest BCUT2D eigenvalue weighted by Crippen LogP contribution is -2.17. The Balaban J connectivity index is 2.86. The van der Waals surface area contributed by atoms with Crippen LogP contribution in [0, 0.1) is 5.82 Å². The molecule has 13 heavy (non-hydrogen) atoms. The number of hydrogen-bond donors (Lipinski definition) is 1. The van der Waals surface area contributed by atoms with E-state index < -0.39 is 0 Å². The highest BCUT2D eigenvalue weighted by Crippen LogP contribution is 2.12. The summed E-state index contributed by atoms with van der Waals surface area (Å²) >= 11 is 0. The molecule has 0 aromatic heterocycles. The summed E-state index contributed by atoms with van der Waals surface area (Å²) in [6, 6.07) is 5.36. The molecule has 72 valence electrons. The van der Waals surface area contributed by atoms with Crippen LogP contribution in [0.5, 0.6) is 0 Å². The third-order valence-electron chi connectivity index (χ3n) is 2.05. The molecule has 1 unspecified atom stereocenters. The lowest BCUT2D eigenvalue weighted by Gasteiger charge is -2.07. The van der Waals surface area contributed by atoms with Gasteiger partial charge >= 0.3 is 0 Å². The van der Waals surface area contributed by atoms with Gasteiger partial charge in [0.15, 0.2) is 0 Å². The number of halogens is 1. The smallest absolute Gasteiger partial charge is 0.126 e. The highest BCUT2D eigenvalue weighted by atomic mass is 19.1. The van der Waals surface area contributed by atoms with Crippen LogP contribution in [0.25, 0.3) is 0 Å². The van der Waals surface area contributed by atoms with Gasteiger partial charge < -0.3 is 5.73 Å². The van der Waals surface area contributed by atoms with Crippen LogP contribution in [0.2, 0.25) is 0 Å². The quantitative estimate of drug-likeness (QED) is 0.760. The number of rotatable bonds is 3. The van der Waals surface area contributed by atoms with Crippen LogP contribution in [0.15, 0.2) is 18.2 Å². The number of benzene rings is 1. The predicted molar refractivity (Wildman–Crippen MR) is 53.1 cm³/mol. The Kier molecular flexibility index (Phi) is 3.43. The lowest BCUT2D eigenvalue weighted by molar-refractivity contribution is 0.610. The van der Waals surface area contributed by atoms with Crippen LogP contribution in [-0.2, 0) is 12.8 Å². The van der Waals surface area contributed by atoms with Gasteiger partial charge in [-0.2, -0.15) is 0 Å². The molecule has 0 bridgehead atoms. The first-order valence-electron chi connectivity index (χ1n) is 4.66. The Morgan fingerprint density at radius 2 is 2.15 bits per heavy atom. The third kappa shape index (κ3) is 2.81. The first kappa shape index (κ1) is 10.2. The van der Waals surface area contributed by atoms with Crippen molar-refractivity contribution in [1.82, 2.24) is 0 Å². The molecule has 1 atom stereocenters. The first-order valence-corrected chi connectivity index (χ1v) is 4.66. The molecule has 0 aliphatic rings. The Hall–Kier alpha value is -0.890. The molecular formula is C11H16FN. The molecule has 0 heterocycles. The molecule has 0 aliphatic carbocycles. The summed E-state index contributed by atoms with van der Waals surface area (Å²) in [7, 11) is 0. The van der Waals surface area contributed by atoms with Gasteiger partial charge in [-0.25, -0.2) is 4.39 Å². The molecule has 0 amide bonds. The minimum absolute atomic E-state index is 0.115. The maximum atomic E-state index is 13.1. The zero-order valence-electron chi connectivity index (χ0n) is 8.18. The number of hydrogen-bond acceptors (Lipinski definition) is 1. The average Bonchev–Trinajstić information content (AvgIpc) is 2.07. The standard InChI is InChI=1S/C11H16FN/c1-3-10-7-9(6-8(2)13)4-5-11(10)12/h4-5,7-8H,3,6,13H2,1-2H3. The van der Waals surface area contributed by atoms with E-state index >= 15 is 0 Å². The van der Waals surface area contributed by atoms with Crippen molar-refractivity contribution in [3.8, 4) is 0 Å². The molecule has 2 N–H and O–H groups in total. The third-order valence-corrected chi connectivity index (χ3v) is 2.05. The first-order chi connectivity index (χ1) is 6.13. The summed E-state index contributed by atoms with van der Waals surface area (Å²) < 4.78 is 13.1. The zero-order chi connectivity index (χ0) is 9.84. The fourth-order valence-corrected chi connectivity index (χ4v) is 1.40. The Morgan fingerprint density at radius 3 is 2.69 bits per heavy atom. The van der Waals surface area contributed by atoms with Gasteiger partial charge in [-0.15, -0.1) is 0 Å². The largest absolute Gasteiger partial charge is 0.328 e. The van der Waals surface area contributed by atoms with Crippen molar-refractivity contribution >= 4 is 0 Å². The molecule has 1 rings (SSSR count).